The molecule has 1 aliphatic heterocycles. The molecule has 0 atom stereocenters. The lowest BCUT2D eigenvalue weighted by atomic mass is 10.6. The molecule has 0 nitrogen and oxygen atoms in total. The lowest BCUT2D eigenvalue weighted by Crippen LogP contribution is -2.07. The molecule has 12 heavy (non-hydrogen) atoms. The Morgan fingerprint density at radius 3 is 2.33 bits per heavy atom. The zero-order chi connectivity index (χ0) is 8.86. The molecule has 0 aromatic heterocycles. The van der Waals surface area contributed by atoms with Gasteiger partial charge in [-0.2, -0.15) is 37.0 Å². The Kier molecular flexibility index (Phi) is 6.65. The third kappa shape index (κ3) is 3.69. The maximum atomic E-state index is 4.31. The molecule has 1 rings (SSSR count). The summed E-state index contributed by atoms with van der Waals surface area (Å²) in [5.74, 6) is 2.77. The lowest BCUT2D eigenvalue weighted by Gasteiger charge is -2.40. The molecule has 0 aromatic rings. The molecule has 0 saturated carbocycles. The van der Waals surface area contributed by atoms with Crippen molar-refractivity contribution in [2.75, 3.05) is 26.8 Å². The second kappa shape index (κ2) is 6.56. The van der Waals surface area contributed by atoms with Crippen molar-refractivity contribution in [3.05, 3.63) is 0 Å². The predicted octanol–water partition coefficient (Wildman–Crippen LogP) is 3.96. The van der Waals surface area contributed by atoms with Gasteiger partial charge < -0.3 is 0 Å². The fraction of sp³-hybridized carbons (Fsp3) is 1.00. The first kappa shape index (κ1) is 12.2. The van der Waals surface area contributed by atoms with Crippen molar-refractivity contribution in [1.29, 1.82) is 0 Å². The summed E-state index contributed by atoms with van der Waals surface area (Å²) in [5.41, 5.74) is 0. The van der Waals surface area contributed by atoms with Crippen LogP contribution in [0.5, 0.6) is 0 Å². The van der Waals surface area contributed by atoms with Gasteiger partial charge in [0.25, 0.3) is 0 Å². The topological polar surface area (TPSA) is 0 Å². The van der Waals surface area contributed by atoms with Crippen molar-refractivity contribution in [3.63, 3.8) is 0 Å². The molecule has 0 radical (unpaired) electrons. The van der Waals surface area contributed by atoms with Gasteiger partial charge in [0, 0.05) is 15.3 Å². The minimum absolute atomic E-state index is 0.454. The Bertz CT molecular complexity index is 106. The van der Waals surface area contributed by atoms with E-state index in [4.69, 9.17) is 0 Å². The van der Waals surface area contributed by atoms with Gasteiger partial charge in [-0.05, 0) is 17.9 Å². The third-order valence-corrected chi connectivity index (χ3v) is 15.8. The Morgan fingerprint density at radius 1 is 1.25 bits per heavy atom. The number of thioether (sulfide) groups is 1. The van der Waals surface area contributed by atoms with Gasteiger partial charge in [0.1, 0.15) is 0 Å². The molecule has 0 aromatic carbocycles. The van der Waals surface area contributed by atoms with Crippen LogP contribution in [0.4, 0.5) is 0 Å². The Balaban J connectivity index is 2.44. The molecule has 74 valence electrons. The molecule has 1 fully saturated rings. The van der Waals surface area contributed by atoms with Crippen molar-refractivity contribution < 1.29 is 0 Å². The van der Waals surface area contributed by atoms with E-state index in [1.807, 2.05) is 0 Å². The number of thiol groups is 2. The summed E-state index contributed by atoms with van der Waals surface area (Å²) in [6.45, 7) is 0. The second-order valence-corrected chi connectivity index (χ2v) is 14.4. The van der Waals surface area contributed by atoms with Gasteiger partial charge in [-0.1, -0.05) is 21.6 Å². The molecule has 1 heterocycles. The Morgan fingerprint density at radius 2 is 1.92 bits per heavy atom. The predicted molar refractivity (Wildman–Crippen MR) is 77.3 cm³/mol. The quantitative estimate of drug-likeness (QED) is 0.454. The second-order valence-electron chi connectivity index (χ2n) is 2.32. The van der Waals surface area contributed by atoms with Crippen molar-refractivity contribution in [1.82, 2.24) is 0 Å². The van der Waals surface area contributed by atoms with Gasteiger partial charge in [0.2, 0.25) is 0 Å². The Hall–Kier alpha value is 2.10. The highest BCUT2D eigenvalue weighted by Gasteiger charge is 2.27. The van der Waals surface area contributed by atoms with E-state index < -0.39 is 8.09 Å². The summed E-state index contributed by atoms with van der Waals surface area (Å²) in [6, 6.07) is 0. The van der Waals surface area contributed by atoms with Gasteiger partial charge in [0.05, 0.1) is 0 Å². The van der Waals surface area contributed by atoms with Crippen molar-refractivity contribution in [3.8, 4) is 0 Å². The van der Waals surface area contributed by atoms with Gasteiger partial charge >= 0.3 is 0 Å². The molecule has 0 spiro atoms. The van der Waals surface area contributed by atoms with Gasteiger partial charge in [0.15, 0.2) is 0 Å². The van der Waals surface area contributed by atoms with Crippen LogP contribution in [0.25, 0.3) is 0 Å². The highest BCUT2D eigenvalue weighted by Crippen LogP contribution is 2.73. The zero-order valence-corrected chi connectivity index (χ0v) is 11.8. The van der Waals surface area contributed by atoms with E-state index in [9.17, 15) is 0 Å². The van der Waals surface area contributed by atoms with E-state index in [1.165, 1.54) is 23.0 Å². The number of hydrogen-bond acceptors (Lipinski definition) is 5. The van der Waals surface area contributed by atoms with E-state index in [1.54, 1.807) is 0 Å². The molecular formula is C6H14S6. The first-order valence-corrected chi connectivity index (χ1v) is 11.1. The van der Waals surface area contributed by atoms with Crippen molar-refractivity contribution in [2.24, 2.45) is 0 Å². The third-order valence-electron chi connectivity index (χ3n) is 1.54. The molecule has 0 N–H and O–H groups in total. The summed E-state index contributed by atoms with van der Waals surface area (Å²) in [7, 11) is 3.68. The molecule has 6 heteroatoms. The van der Waals surface area contributed by atoms with E-state index in [0.717, 1.165) is 10.2 Å². The minimum atomic E-state index is -0.454. The van der Waals surface area contributed by atoms with Crippen LogP contribution in [-0.2, 0) is 0 Å². The van der Waals surface area contributed by atoms with Gasteiger partial charge in [-0.15, -0.1) is 8.09 Å². The molecule has 0 bridgehead atoms. The number of rotatable bonds is 4. The fourth-order valence-electron chi connectivity index (χ4n) is 1.04. The molecular weight excluding hydrogens is 264 g/mol. The van der Waals surface area contributed by atoms with E-state index in [0.29, 0.717) is 0 Å². The maximum absolute atomic E-state index is 4.31. The normalized spacial score (nSPS) is 25.2. The Labute approximate surface area is 99.1 Å². The first-order valence-electron chi connectivity index (χ1n) is 3.70. The van der Waals surface area contributed by atoms with Crippen LogP contribution >= 0.6 is 66.7 Å². The monoisotopic (exact) mass is 278 g/mol. The first-order chi connectivity index (χ1) is 5.83. The number of hydrogen-bond donors (Lipinski definition) is 2. The summed E-state index contributed by atoms with van der Waals surface area (Å²) in [5, 5.41) is 3.29. The van der Waals surface area contributed by atoms with Crippen molar-refractivity contribution >= 4 is 66.7 Å². The van der Waals surface area contributed by atoms with E-state index >= 15 is 0 Å². The zero-order valence-electron chi connectivity index (χ0n) is 6.77. The van der Waals surface area contributed by atoms with Crippen LogP contribution in [0.3, 0.4) is 0 Å². The average Bonchev–Trinajstić information content (AvgIpc) is 2.07. The fourth-order valence-corrected chi connectivity index (χ4v) is 17.0. The van der Waals surface area contributed by atoms with E-state index in [-0.39, 0.29) is 0 Å². The van der Waals surface area contributed by atoms with E-state index in [2.05, 4.69) is 58.6 Å². The molecule has 1 saturated heterocycles. The van der Waals surface area contributed by atoms with Crippen LogP contribution in [0, 0.1) is 0 Å². The van der Waals surface area contributed by atoms with Gasteiger partial charge in [-0.3, -0.25) is 0 Å². The van der Waals surface area contributed by atoms with Crippen LogP contribution in [-0.4, -0.2) is 26.8 Å². The average molecular weight is 279 g/mol. The summed E-state index contributed by atoms with van der Waals surface area (Å²) in [6.07, 6.45) is 1.39. The smallest absolute Gasteiger partial charge is 0.0458 e. The van der Waals surface area contributed by atoms with Crippen LogP contribution in [0.2, 0.25) is 0 Å². The maximum Gasteiger partial charge on any atom is 0.0458 e. The largest absolute Gasteiger partial charge is 0.168 e. The van der Waals surface area contributed by atoms with Crippen LogP contribution in [0.1, 0.15) is 6.42 Å². The highest BCUT2D eigenvalue weighted by atomic mass is 33.6. The summed E-state index contributed by atoms with van der Waals surface area (Å²) >= 11 is 10.7. The van der Waals surface area contributed by atoms with Crippen LogP contribution < -0.4 is 0 Å². The summed E-state index contributed by atoms with van der Waals surface area (Å²) < 4.78 is 0. The minimum Gasteiger partial charge on any atom is -0.168 e. The standard InChI is InChI=1S/C6H14S6/c7-4-10-12(11-5-8)3-1-2-9-6-12/h7-8H,1-6H2. The molecule has 0 amide bonds. The van der Waals surface area contributed by atoms with Crippen molar-refractivity contribution in [2.45, 2.75) is 6.42 Å². The van der Waals surface area contributed by atoms with Gasteiger partial charge in [-0.25, -0.2) is 0 Å². The molecule has 0 unspecified atom stereocenters. The van der Waals surface area contributed by atoms with Crippen LogP contribution in [0.15, 0.2) is 0 Å². The molecule has 0 aliphatic carbocycles. The molecule has 1 aliphatic rings. The highest BCUT2D eigenvalue weighted by molar-refractivity contribution is 9.26. The lowest BCUT2D eigenvalue weighted by molar-refractivity contribution is 1.12. The summed E-state index contributed by atoms with van der Waals surface area (Å²) in [4.78, 5) is 0. The SMILES string of the molecule is SCSS1(SCS)CCCSC1.